The van der Waals surface area contributed by atoms with Gasteiger partial charge in [0.1, 0.15) is 29.8 Å². The number of hydrogen-bond donors (Lipinski definition) is 4. The van der Waals surface area contributed by atoms with E-state index in [0.717, 1.165) is 5.82 Å². The van der Waals surface area contributed by atoms with Crippen LogP contribution in [0.25, 0.3) is 0 Å². The molecule has 0 unspecified atom stereocenters. The summed E-state index contributed by atoms with van der Waals surface area (Å²) in [5.74, 6) is 0.655. The molecule has 0 saturated carbocycles. The smallest absolute Gasteiger partial charge is 0.257 e. The zero-order valence-corrected chi connectivity index (χ0v) is 19.5. The summed E-state index contributed by atoms with van der Waals surface area (Å²) in [5.41, 5.74) is 6.91. The second-order valence-electron chi connectivity index (χ2n) is 7.30. The quantitative estimate of drug-likeness (QED) is 0.256. The number of carbonyl (C=O) groups excluding carboxylic acids is 2. The first-order valence-corrected chi connectivity index (χ1v) is 10.6. The van der Waals surface area contributed by atoms with Crippen molar-refractivity contribution in [1.29, 1.82) is 5.41 Å². The van der Waals surface area contributed by atoms with Crippen LogP contribution in [0.1, 0.15) is 27.3 Å². The third-order valence-corrected chi connectivity index (χ3v) is 5.10. The molecular weight excluding hydrogens is 460 g/mol. The molecule has 11 heteroatoms. The maximum Gasteiger partial charge on any atom is 0.257 e. The van der Waals surface area contributed by atoms with E-state index in [4.69, 9.17) is 32.2 Å². The maximum absolute atomic E-state index is 12.8. The fraction of sp³-hybridized carbons (Fsp3) is 0.217. The Bertz CT molecular complexity index is 1210. The van der Waals surface area contributed by atoms with Crippen LogP contribution >= 0.6 is 11.6 Å². The van der Waals surface area contributed by atoms with Gasteiger partial charge in [-0.25, -0.2) is 4.98 Å². The van der Waals surface area contributed by atoms with Crippen molar-refractivity contribution in [1.82, 2.24) is 20.2 Å². The van der Waals surface area contributed by atoms with Gasteiger partial charge in [0.25, 0.3) is 11.8 Å². The Morgan fingerprint density at radius 3 is 2.65 bits per heavy atom. The predicted molar refractivity (Wildman–Crippen MR) is 127 cm³/mol. The van der Waals surface area contributed by atoms with Crippen LogP contribution in [0.3, 0.4) is 0 Å². The highest BCUT2D eigenvalue weighted by molar-refractivity contribution is 6.31. The van der Waals surface area contributed by atoms with Gasteiger partial charge in [0.2, 0.25) is 0 Å². The molecule has 34 heavy (non-hydrogen) atoms. The van der Waals surface area contributed by atoms with Crippen LogP contribution in [0.2, 0.25) is 5.02 Å². The molecule has 5 N–H and O–H groups in total. The number of carbonyl (C=O) groups is 2. The Kier molecular flexibility index (Phi) is 8.10. The van der Waals surface area contributed by atoms with Crippen LogP contribution in [-0.4, -0.2) is 40.9 Å². The first-order chi connectivity index (χ1) is 16.3. The van der Waals surface area contributed by atoms with Gasteiger partial charge < -0.3 is 30.4 Å². The molecule has 0 radical (unpaired) electrons. The van der Waals surface area contributed by atoms with Crippen LogP contribution in [0.4, 0.5) is 0 Å². The summed E-state index contributed by atoms with van der Waals surface area (Å²) in [6, 6.07) is 9.61. The lowest BCUT2D eigenvalue weighted by Crippen LogP contribution is -2.26. The molecule has 0 fully saturated rings. The summed E-state index contributed by atoms with van der Waals surface area (Å²) in [4.78, 5) is 28.6. The van der Waals surface area contributed by atoms with E-state index in [9.17, 15) is 9.59 Å². The van der Waals surface area contributed by atoms with Crippen molar-refractivity contribution >= 4 is 29.3 Å². The van der Waals surface area contributed by atoms with Crippen molar-refractivity contribution in [3.63, 3.8) is 0 Å². The number of ether oxygens (including phenoxy) is 2. The summed E-state index contributed by atoms with van der Waals surface area (Å²) in [6.45, 7) is 0.110. The molecule has 0 aliphatic carbocycles. The molecule has 0 spiro atoms. The van der Waals surface area contributed by atoms with Gasteiger partial charge in [-0.1, -0.05) is 23.7 Å². The minimum absolute atomic E-state index is 0.107. The second-order valence-corrected chi connectivity index (χ2v) is 7.74. The average Bonchev–Trinajstić information content (AvgIpc) is 3.23. The molecule has 1 aromatic heterocycles. The molecule has 0 aliphatic rings. The molecule has 0 atom stereocenters. The van der Waals surface area contributed by atoms with Crippen molar-refractivity contribution in [3.05, 3.63) is 76.3 Å². The van der Waals surface area contributed by atoms with Gasteiger partial charge in [0, 0.05) is 54.7 Å². The molecule has 0 saturated heterocycles. The lowest BCUT2D eigenvalue weighted by atomic mass is 10.1. The third-order valence-electron chi connectivity index (χ3n) is 4.88. The molecule has 2 aromatic carbocycles. The fourth-order valence-electron chi connectivity index (χ4n) is 2.96. The zero-order chi connectivity index (χ0) is 24.7. The molecule has 2 amide bonds. The van der Waals surface area contributed by atoms with E-state index in [-0.39, 0.29) is 37.4 Å². The Morgan fingerprint density at radius 2 is 1.97 bits per heavy atom. The van der Waals surface area contributed by atoms with E-state index in [1.165, 1.54) is 13.1 Å². The summed E-state index contributed by atoms with van der Waals surface area (Å²) in [5, 5.41) is 13.2. The number of rotatable bonds is 10. The zero-order valence-electron chi connectivity index (χ0n) is 18.7. The second kappa shape index (κ2) is 11.2. The highest BCUT2D eigenvalue weighted by Crippen LogP contribution is 2.23. The number of imidazole rings is 1. The SMILES string of the molecule is CNC(=O)COc1cc(C(=N)N)ccc1CNC(=O)c1cc(Cl)cc(OCc2nccn2C)c1. The van der Waals surface area contributed by atoms with Crippen molar-refractivity contribution in [2.75, 3.05) is 13.7 Å². The summed E-state index contributed by atoms with van der Waals surface area (Å²) >= 11 is 6.19. The molecule has 10 nitrogen and oxygen atoms in total. The number of amides is 2. The van der Waals surface area contributed by atoms with Crippen LogP contribution in [0.15, 0.2) is 48.8 Å². The van der Waals surface area contributed by atoms with E-state index in [1.807, 2.05) is 17.8 Å². The van der Waals surface area contributed by atoms with Crippen LogP contribution in [0.5, 0.6) is 11.5 Å². The summed E-state index contributed by atoms with van der Waals surface area (Å²) in [7, 11) is 3.36. The maximum atomic E-state index is 12.8. The number of nitrogens with zero attached hydrogens (tertiary/aromatic N) is 2. The van der Waals surface area contributed by atoms with Gasteiger partial charge >= 0.3 is 0 Å². The number of nitrogens with one attached hydrogen (secondary N) is 3. The van der Waals surface area contributed by atoms with E-state index >= 15 is 0 Å². The van der Waals surface area contributed by atoms with Crippen LogP contribution < -0.4 is 25.8 Å². The number of aromatic nitrogens is 2. The van der Waals surface area contributed by atoms with E-state index in [0.29, 0.717) is 33.2 Å². The first kappa shape index (κ1) is 24.6. The Morgan fingerprint density at radius 1 is 1.18 bits per heavy atom. The highest BCUT2D eigenvalue weighted by Gasteiger charge is 2.13. The minimum Gasteiger partial charge on any atom is -0.486 e. The molecule has 178 valence electrons. The number of amidine groups is 1. The lowest BCUT2D eigenvalue weighted by Gasteiger charge is -2.14. The number of nitrogen functional groups attached to an aromatic ring is 1. The van der Waals surface area contributed by atoms with E-state index in [1.54, 1.807) is 36.5 Å². The summed E-state index contributed by atoms with van der Waals surface area (Å²) < 4.78 is 13.1. The fourth-order valence-corrected chi connectivity index (χ4v) is 3.18. The van der Waals surface area contributed by atoms with Gasteiger partial charge in [-0.15, -0.1) is 0 Å². The Hall–Kier alpha value is -4.05. The number of hydrogen-bond acceptors (Lipinski definition) is 6. The number of nitrogens with two attached hydrogens (primary N) is 1. The largest absolute Gasteiger partial charge is 0.486 e. The van der Waals surface area contributed by atoms with Crippen LogP contribution in [0, 0.1) is 5.41 Å². The van der Waals surface area contributed by atoms with Gasteiger partial charge in [0.05, 0.1) is 0 Å². The summed E-state index contributed by atoms with van der Waals surface area (Å²) in [6.07, 6.45) is 3.48. The van der Waals surface area contributed by atoms with E-state index < -0.39 is 0 Å². The average molecular weight is 485 g/mol. The Labute approximate surface area is 201 Å². The monoisotopic (exact) mass is 484 g/mol. The van der Waals surface area contributed by atoms with Crippen molar-refractivity contribution in [2.45, 2.75) is 13.2 Å². The van der Waals surface area contributed by atoms with Crippen molar-refractivity contribution < 1.29 is 19.1 Å². The number of halogens is 1. The molecule has 3 rings (SSSR count). The van der Waals surface area contributed by atoms with Crippen molar-refractivity contribution in [3.8, 4) is 11.5 Å². The molecular formula is C23H25ClN6O4. The topological polar surface area (TPSA) is 144 Å². The molecule has 0 aliphatic heterocycles. The number of likely N-dealkylation sites (N-methyl/N-ethyl adjacent to an activating group) is 1. The third kappa shape index (κ3) is 6.48. The minimum atomic E-state index is -0.378. The number of aryl methyl sites for hydroxylation is 1. The molecule has 0 bridgehead atoms. The number of benzene rings is 2. The van der Waals surface area contributed by atoms with Gasteiger partial charge in [-0.3, -0.25) is 15.0 Å². The molecule has 1 heterocycles. The van der Waals surface area contributed by atoms with Gasteiger partial charge in [0.15, 0.2) is 6.61 Å². The first-order valence-electron chi connectivity index (χ1n) is 10.2. The lowest BCUT2D eigenvalue weighted by molar-refractivity contribution is -0.122. The standard InChI is InChI=1S/C23H25ClN6O4/c1-27-21(31)13-34-19-9-14(22(25)26)3-4-15(19)11-29-23(32)16-7-17(24)10-18(8-16)33-12-20-28-5-6-30(20)2/h3-10H,11-13H2,1-2H3,(H3,25,26)(H,27,31)(H,29,32). The van der Waals surface area contributed by atoms with Crippen LogP contribution in [-0.2, 0) is 25.0 Å². The van der Waals surface area contributed by atoms with E-state index in [2.05, 4.69) is 15.6 Å². The van der Waals surface area contributed by atoms with Crippen molar-refractivity contribution in [2.24, 2.45) is 12.8 Å². The highest BCUT2D eigenvalue weighted by atomic mass is 35.5. The van der Waals surface area contributed by atoms with Gasteiger partial charge in [-0.05, 0) is 24.3 Å². The Balaban J connectivity index is 1.71. The predicted octanol–water partition coefficient (Wildman–Crippen LogP) is 1.99. The normalized spacial score (nSPS) is 10.4. The van der Waals surface area contributed by atoms with Gasteiger partial charge in [-0.2, -0.15) is 0 Å². The molecule has 3 aromatic rings.